The Hall–Kier alpha value is -2.37. The summed E-state index contributed by atoms with van der Waals surface area (Å²) in [5.41, 5.74) is 1.00. The fourth-order valence-electron chi connectivity index (χ4n) is 2.53. The van der Waals surface area contributed by atoms with Crippen molar-refractivity contribution < 1.29 is 9.90 Å². The van der Waals surface area contributed by atoms with E-state index in [1.165, 1.54) is 0 Å². The van der Waals surface area contributed by atoms with E-state index in [9.17, 15) is 9.90 Å². The predicted octanol–water partition coefficient (Wildman–Crippen LogP) is 1.98. The molecule has 1 aromatic heterocycles. The molecule has 0 atom stereocenters. The van der Waals surface area contributed by atoms with Gasteiger partial charge in [-0.25, -0.2) is 0 Å². The molecule has 0 radical (unpaired) electrons. The number of para-hydroxylation sites is 1. The van der Waals surface area contributed by atoms with Crippen molar-refractivity contribution in [2.45, 2.75) is 32.2 Å². The maximum absolute atomic E-state index is 12.5. The average Bonchev–Trinajstić information content (AvgIpc) is 3.27. The smallest absolute Gasteiger partial charge is 0.257 e. The average molecular weight is 300 g/mol. The van der Waals surface area contributed by atoms with E-state index in [0.717, 1.165) is 24.5 Å². The Morgan fingerprint density at radius 1 is 1.41 bits per heavy atom. The molecule has 6 heteroatoms. The van der Waals surface area contributed by atoms with Crippen molar-refractivity contribution in [1.29, 1.82) is 0 Å². The SMILES string of the molecule is Cc1cccc(C(=O)N(C)Cc2nnc(C3CC3)n2C)c1O. The summed E-state index contributed by atoms with van der Waals surface area (Å²) in [5, 5.41) is 18.5. The van der Waals surface area contributed by atoms with E-state index in [0.29, 0.717) is 23.6 Å². The van der Waals surface area contributed by atoms with Gasteiger partial charge in [0, 0.05) is 20.0 Å². The maximum Gasteiger partial charge on any atom is 0.257 e. The number of phenolic OH excluding ortho intramolecular Hbond substituents is 1. The first kappa shape index (κ1) is 14.6. The molecule has 2 aromatic rings. The third kappa shape index (κ3) is 2.56. The van der Waals surface area contributed by atoms with Crippen LogP contribution >= 0.6 is 0 Å². The standard InChI is InChI=1S/C16H20N4O2/c1-10-5-4-6-12(14(10)21)16(22)19(2)9-13-17-18-15(20(13)3)11-7-8-11/h4-6,11,21H,7-9H2,1-3H3. The highest BCUT2D eigenvalue weighted by Gasteiger charge is 2.29. The number of hydrogen-bond acceptors (Lipinski definition) is 4. The van der Waals surface area contributed by atoms with Crippen LogP contribution in [-0.4, -0.2) is 37.7 Å². The van der Waals surface area contributed by atoms with Crippen molar-refractivity contribution in [2.75, 3.05) is 7.05 Å². The molecule has 1 aliphatic carbocycles. The molecule has 1 fully saturated rings. The van der Waals surface area contributed by atoms with Gasteiger partial charge in [0.2, 0.25) is 0 Å². The molecule has 1 saturated carbocycles. The van der Waals surface area contributed by atoms with Gasteiger partial charge in [-0.05, 0) is 31.4 Å². The summed E-state index contributed by atoms with van der Waals surface area (Å²) >= 11 is 0. The highest BCUT2D eigenvalue weighted by atomic mass is 16.3. The van der Waals surface area contributed by atoms with E-state index in [2.05, 4.69) is 10.2 Å². The highest BCUT2D eigenvalue weighted by Crippen LogP contribution is 2.38. The van der Waals surface area contributed by atoms with E-state index in [1.54, 1.807) is 37.1 Å². The molecular formula is C16H20N4O2. The van der Waals surface area contributed by atoms with Gasteiger partial charge in [-0.15, -0.1) is 10.2 Å². The highest BCUT2D eigenvalue weighted by molar-refractivity contribution is 5.97. The van der Waals surface area contributed by atoms with Gasteiger partial charge in [0.25, 0.3) is 5.91 Å². The predicted molar refractivity (Wildman–Crippen MR) is 81.6 cm³/mol. The minimum atomic E-state index is -0.225. The maximum atomic E-state index is 12.5. The van der Waals surface area contributed by atoms with Crippen molar-refractivity contribution in [3.05, 3.63) is 41.0 Å². The van der Waals surface area contributed by atoms with Gasteiger partial charge in [0.05, 0.1) is 12.1 Å². The summed E-state index contributed by atoms with van der Waals surface area (Å²) in [4.78, 5) is 14.0. The molecule has 6 nitrogen and oxygen atoms in total. The molecule has 0 aliphatic heterocycles. The topological polar surface area (TPSA) is 71.2 Å². The Morgan fingerprint density at radius 3 is 2.82 bits per heavy atom. The number of hydrogen-bond donors (Lipinski definition) is 1. The van der Waals surface area contributed by atoms with E-state index >= 15 is 0 Å². The van der Waals surface area contributed by atoms with Crippen LogP contribution in [0.5, 0.6) is 5.75 Å². The summed E-state index contributed by atoms with van der Waals surface area (Å²) in [7, 11) is 3.64. The van der Waals surface area contributed by atoms with Crippen LogP contribution < -0.4 is 0 Å². The Morgan fingerprint density at radius 2 is 2.14 bits per heavy atom. The second kappa shape index (κ2) is 5.44. The van der Waals surface area contributed by atoms with Crippen LogP contribution in [-0.2, 0) is 13.6 Å². The number of amides is 1. The van der Waals surface area contributed by atoms with Crippen LogP contribution in [0.15, 0.2) is 18.2 Å². The van der Waals surface area contributed by atoms with Gasteiger partial charge >= 0.3 is 0 Å². The number of benzene rings is 1. The van der Waals surface area contributed by atoms with Crippen molar-refractivity contribution in [1.82, 2.24) is 19.7 Å². The molecule has 3 rings (SSSR count). The largest absolute Gasteiger partial charge is 0.507 e. The lowest BCUT2D eigenvalue weighted by Gasteiger charge is -2.18. The zero-order valence-electron chi connectivity index (χ0n) is 13.1. The number of aromatic hydroxyl groups is 1. The summed E-state index contributed by atoms with van der Waals surface area (Å²) in [6.07, 6.45) is 2.33. The van der Waals surface area contributed by atoms with Gasteiger partial charge < -0.3 is 14.6 Å². The third-order valence-electron chi connectivity index (χ3n) is 4.13. The minimum absolute atomic E-state index is 0.0379. The van der Waals surface area contributed by atoms with Crippen molar-refractivity contribution in [3.63, 3.8) is 0 Å². The number of phenols is 1. The number of rotatable bonds is 4. The normalized spacial score (nSPS) is 14.1. The second-order valence-corrected chi connectivity index (χ2v) is 5.94. The number of carbonyl (C=O) groups is 1. The van der Waals surface area contributed by atoms with Gasteiger partial charge in [0.1, 0.15) is 11.6 Å². The van der Waals surface area contributed by atoms with Crippen LogP contribution in [0, 0.1) is 6.92 Å². The summed E-state index contributed by atoms with van der Waals surface area (Å²) in [6.45, 7) is 2.14. The molecule has 1 N–H and O–H groups in total. The lowest BCUT2D eigenvalue weighted by atomic mass is 10.1. The molecule has 0 bridgehead atoms. The zero-order chi connectivity index (χ0) is 15.9. The molecule has 116 valence electrons. The molecule has 1 aromatic carbocycles. The summed E-state index contributed by atoms with van der Waals surface area (Å²) in [5.74, 6) is 2.08. The summed E-state index contributed by atoms with van der Waals surface area (Å²) < 4.78 is 1.97. The number of nitrogens with zero attached hydrogens (tertiary/aromatic N) is 4. The molecule has 1 heterocycles. The van der Waals surface area contributed by atoms with Gasteiger partial charge in [0.15, 0.2) is 5.82 Å². The summed E-state index contributed by atoms with van der Waals surface area (Å²) in [6, 6.07) is 5.17. The minimum Gasteiger partial charge on any atom is -0.507 e. The fourth-order valence-corrected chi connectivity index (χ4v) is 2.53. The van der Waals surface area contributed by atoms with Crippen molar-refractivity contribution >= 4 is 5.91 Å². The first-order valence-electron chi connectivity index (χ1n) is 7.41. The van der Waals surface area contributed by atoms with Crippen LogP contribution in [0.25, 0.3) is 0 Å². The van der Waals surface area contributed by atoms with Gasteiger partial charge in [-0.3, -0.25) is 4.79 Å². The Balaban J connectivity index is 1.77. The Labute approximate surface area is 129 Å². The number of aromatic nitrogens is 3. The molecular weight excluding hydrogens is 280 g/mol. The van der Waals surface area contributed by atoms with Crippen LogP contribution in [0.2, 0.25) is 0 Å². The second-order valence-electron chi connectivity index (χ2n) is 5.94. The molecule has 0 saturated heterocycles. The van der Waals surface area contributed by atoms with Crippen LogP contribution in [0.4, 0.5) is 0 Å². The van der Waals surface area contributed by atoms with E-state index in [4.69, 9.17) is 0 Å². The fraction of sp³-hybridized carbons (Fsp3) is 0.438. The van der Waals surface area contributed by atoms with E-state index in [-0.39, 0.29) is 11.7 Å². The first-order chi connectivity index (χ1) is 10.5. The lowest BCUT2D eigenvalue weighted by molar-refractivity contribution is 0.0777. The zero-order valence-corrected chi connectivity index (χ0v) is 13.1. The van der Waals surface area contributed by atoms with Crippen LogP contribution in [0.3, 0.4) is 0 Å². The van der Waals surface area contributed by atoms with Gasteiger partial charge in [-0.2, -0.15) is 0 Å². The third-order valence-corrected chi connectivity index (χ3v) is 4.13. The molecule has 22 heavy (non-hydrogen) atoms. The lowest BCUT2D eigenvalue weighted by Crippen LogP contribution is -2.27. The molecule has 0 unspecified atom stereocenters. The monoisotopic (exact) mass is 300 g/mol. The molecule has 1 amide bonds. The van der Waals surface area contributed by atoms with Gasteiger partial charge in [-0.1, -0.05) is 12.1 Å². The first-order valence-corrected chi connectivity index (χ1v) is 7.41. The Kier molecular flexibility index (Phi) is 3.60. The number of aryl methyl sites for hydroxylation is 1. The quantitative estimate of drug-likeness (QED) is 0.937. The van der Waals surface area contributed by atoms with E-state index in [1.807, 2.05) is 11.6 Å². The Bertz CT molecular complexity index is 719. The number of carbonyl (C=O) groups excluding carboxylic acids is 1. The molecule has 0 spiro atoms. The van der Waals surface area contributed by atoms with E-state index < -0.39 is 0 Å². The molecule has 1 aliphatic rings. The van der Waals surface area contributed by atoms with Crippen molar-refractivity contribution in [3.8, 4) is 5.75 Å². The van der Waals surface area contributed by atoms with Crippen molar-refractivity contribution in [2.24, 2.45) is 7.05 Å². The van der Waals surface area contributed by atoms with Crippen LogP contribution in [0.1, 0.15) is 46.3 Å².